The van der Waals surface area contributed by atoms with Crippen LogP contribution < -0.4 is 5.32 Å². The highest BCUT2D eigenvalue weighted by molar-refractivity contribution is 7.99. The van der Waals surface area contributed by atoms with E-state index in [1.165, 1.54) is 16.1 Å². The van der Waals surface area contributed by atoms with Crippen molar-refractivity contribution in [3.8, 4) is 0 Å². The normalized spacial score (nSPS) is 17.2. The molecule has 1 aliphatic heterocycles. The topological polar surface area (TPSA) is 97.2 Å². The number of para-hydroxylation sites is 1. The van der Waals surface area contributed by atoms with Crippen LogP contribution in [-0.4, -0.2) is 52.2 Å². The second kappa shape index (κ2) is 9.85. The second-order valence-electron chi connectivity index (χ2n) is 7.62. The van der Waals surface area contributed by atoms with Crippen LogP contribution in [-0.2, 0) is 21.9 Å². The zero-order chi connectivity index (χ0) is 22.6. The summed E-state index contributed by atoms with van der Waals surface area (Å²) < 4.78 is 29.4. The minimum Gasteiger partial charge on any atom is -0.325 e. The minimum absolute atomic E-state index is 0.0489. The highest BCUT2D eigenvalue weighted by atomic mass is 32.2. The number of piperidine rings is 1. The fourth-order valence-electron chi connectivity index (χ4n) is 3.77. The van der Waals surface area contributed by atoms with Crippen molar-refractivity contribution in [2.45, 2.75) is 28.8 Å². The highest BCUT2D eigenvalue weighted by Crippen LogP contribution is 2.30. The molecule has 1 saturated heterocycles. The number of hydrogen-bond acceptors (Lipinski definition) is 6. The van der Waals surface area contributed by atoms with E-state index in [-0.39, 0.29) is 17.6 Å². The molecule has 0 aliphatic carbocycles. The van der Waals surface area contributed by atoms with E-state index in [0.717, 1.165) is 24.4 Å². The van der Waals surface area contributed by atoms with Crippen molar-refractivity contribution < 1.29 is 13.2 Å². The molecule has 0 unspecified atom stereocenters. The zero-order valence-corrected chi connectivity index (χ0v) is 19.3. The number of sulfonamides is 1. The monoisotopic (exact) mass is 471 g/mol. The average Bonchev–Trinajstić information content (AvgIpc) is 3.19. The molecule has 2 heterocycles. The summed E-state index contributed by atoms with van der Waals surface area (Å²) in [6.07, 6.45) is 1.59. The lowest BCUT2D eigenvalue weighted by Crippen LogP contribution is -2.39. The van der Waals surface area contributed by atoms with Gasteiger partial charge in [-0.25, -0.2) is 8.42 Å². The molecule has 0 spiro atoms. The van der Waals surface area contributed by atoms with Crippen LogP contribution >= 0.6 is 11.8 Å². The first kappa shape index (κ1) is 22.5. The quantitative estimate of drug-likeness (QED) is 0.532. The third-order valence-electron chi connectivity index (χ3n) is 5.39. The van der Waals surface area contributed by atoms with Gasteiger partial charge in [0.05, 0.1) is 10.6 Å². The molecule has 8 nitrogen and oxygen atoms in total. The molecule has 1 N–H and O–H groups in total. The number of benzene rings is 2. The molecular formula is C22H25N5O3S2. The van der Waals surface area contributed by atoms with Gasteiger partial charge in [0.15, 0.2) is 5.16 Å². The first-order valence-electron chi connectivity index (χ1n) is 10.4. The van der Waals surface area contributed by atoms with Gasteiger partial charge < -0.3 is 9.88 Å². The average molecular weight is 472 g/mol. The number of hydrogen-bond donors (Lipinski definition) is 1. The van der Waals surface area contributed by atoms with Gasteiger partial charge in [-0.15, -0.1) is 10.2 Å². The fraction of sp³-hybridized carbons (Fsp3) is 0.318. The van der Waals surface area contributed by atoms with E-state index in [9.17, 15) is 13.2 Å². The van der Waals surface area contributed by atoms with Gasteiger partial charge in [-0.1, -0.05) is 48.2 Å². The maximum absolute atomic E-state index is 13.0. The van der Waals surface area contributed by atoms with Crippen LogP contribution in [0.1, 0.15) is 24.6 Å². The molecule has 1 aliphatic rings. The number of nitrogens with one attached hydrogen (secondary N) is 1. The van der Waals surface area contributed by atoms with E-state index in [4.69, 9.17) is 0 Å². The maximum atomic E-state index is 13.0. The molecule has 0 radical (unpaired) electrons. The summed E-state index contributed by atoms with van der Waals surface area (Å²) in [7, 11) is -1.68. The van der Waals surface area contributed by atoms with Crippen molar-refractivity contribution in [1.82, 2.24) is 19.1 Å². The molecule has 32 heavy (non-hydrogen) atoms. The highest BCUT2D eigenvalue weighted by Gasteiger charge is 2.33. The molecule has 1 atom stereocenters. The zero-order valence-electron chi connectivity index (χ0n) is 17.7. The molecule has 1 amide bonds. The lowest BCUT2D eigenvalue weighted by atomic mass is 9.99. The fourth-order valence-corrected chi connectivity index (χ4v) is 6.03. The Morgan fingerprint density at radius 1 is 1.09 bits per heavy atom. The summed E-state index contributed by atoms with van der Waals surface area (Å²) in [5.41, 5.74) is 0.749. The third-order valence-corrected chi connectivity index (χ3v) is 8.29. The number of anilines is 1. The molecule has 1 aromatic heterocycles. The summed E-state index contributed by atoms with van der Waals surface area (Å²) in [6.45, 7) is 0.856. The molecule has 0 bridgehead atoms. The van der Waals surface area contributed by atoms with E-state index < -0.39 is 10.0 Å². The lowest BCUT2D eigenvalue weighted by molar-refractivity contribution is -0.113. The van der Waals surface area contributed by atoms with Crippen molar-refractivity contribution >= 4 is 33.4 Å². The standard InChI is InChI=1S/C22H25N5O3S2/c1-26-21(24-25-22(26)31-16-20(28)23-18-10-4-2-5-11-18)17-9-8-14-27(15-17)32(29,30)19-12-6-3-7-13-19/h2-7,10-13,17H,8-9,14-16H2,1H3,(H,23,28)/t17-/m1/s1. The SMILES string of the molecule is Cn1c(SCC(=O)Nc2ccccc2)nnc1[C@@H]1CCCN(S(=O)(=O)c2ccccc2)C1. The number of carbonyl (C=O) groups excluding carboxylic acids is 1. The largest absolute Gasteiger partial charge is 0.325 e. The lowest BCUT2D eigenvalue weighted by Gasteiger charge is -2.31. The molecule has 1 fully saturated rings. The van der Waals surface area contributed by atoms with Crippen molar-refractivity contribution in [3.05, 3.63) is 66.5 Å². The maximum Gasteiger partial charge on any atom is 0.243 e. The van der Waals surface area contributed by atoms with Crippen LogP contribution in [0.5, 0.6) is 0 Å². The van der Waals surface area contributed by atoms with Crippen molar-refractivity contribution in [3.63, 3.8) is 0 Å². The van der Waals surface area contributed by atoms with E-state index in [1.54, 1.807) is 30.3 Å². The van der Waals surface area contributed by atoms with Crippen LogP contribution in [0.25, 0.3) is 0 Å². The van der Waals surface area contributed by atoms with E-state index in [0.29, 0.717) is 23.1 Å². The Bertz CT molecular complexity index is 1170. The molecule has 4 rings (SSSR count). The van der Waals surface area contributed by atoms with Crippen LogP contribution in [0, 0.1) is 0 Å². The van der Waals surface area contributed by atoms with Gasteiger partial charge in [0.1, 0.15) is 5.82 Å². The summed E-state index contributed by atoms with van der Waals surface area (Å²) in [5, 5.41) is 12.1. The molecule has 10 heteroatoms. The molecule has 0 saturated carbocycles. The Morgan fingerprint density at radius 3 is 2.50 bits per heavy atom. The van der Waals surface area contributed by atoms with Gasteiger partial charge >= 0.3 is 0 Å². The summed E-state index contributed by atoms with van der Waals surface area (Å²) in [6, 6.07) is 17.8. The van der Waals surface area contributed by atoms with Gasteiger partial charge in [0, 0.05) is 31.7 Å². The number of thioether (sulfide) groups is 1. The number of nitrogens with zero attached hydrogens (tertiary/aromatic N) is 4. The predicted octanol–water partition coefficient (Wildman–Crippen LogP) is 3.11. The summed E-state index contributed by atoms with van der Waals surface area (Å²) >= 11 is 1.31. The summed E-state index contributed by atoms with van der Waals surface area (Å²) in [4.78, 5) is 12.5. The third kappa shape index (κ3) is 5.03. The van der Waals surface area contributed by atoms with E-state index >= 15 is 0 Å². The smallest absolute Gasteiger partial charge is 0.243 e. The number of carbonyl (C=O) groups is 1. The van der Waals surface area contributed by atoms with Crippen LogP contribution in [0.2, 0.25) is 0 Å². The van der Waals surface area contributed by atoms with Gasteiger partial charge in [0.25, 0.3) is 0 Å². The van der Waals surface area contributed by atoms with Crippen molar-refractivity contribution in [2.75, 3.05) is 24.2 Å². The van der Waals surface area contributed by atoms with Gasteiger partial charge in [-0.3, -0.25) is 4.79 Å². The predicted molar refractivity (Wildman–Crippen MR) is 124 cm³/mol. The Balaban J connectivity index is 1.41. The first-order valence-corrected chi connectivity index (χ1v) is 12.8. The Hall–Kier alpha value is -2.69. The number of amides is 1. The molecule has 168 valence electrons. The van der Waals surface area contributed by atoms with Crippen LogP contribution in [0.3, 0.4) is 0 Å². The number of rotatable bonds is 7. The Labute approximate surface area is 192 Å². The Kier molecular flexibility index (Phi) is 6.92. The number of aromatic nitrogens is 3. The van der Waals surface area contributed by atoms with Crippen molar-refractivity contribution in [2.24, 2.45) is 7.05 Å². The molecule has 3 aromatic rings. The molecule has 2 aromatic carbocycles. The first-order chi connectivity index (χ1) is 15.4. The van der Waals surface area contributed by atoms with Crippen LogP contribution in [0.15, 0.2) is 70.7 Å². The Morgan fingerprint density at radius 2 is 1.78 bits per heavy atom. The van der Waals surface area contributed by atoms with Crippen LogP contribution in [0.4, 0.5) is 5.69 Å². The summed E-state index contributed by atoms with van der Waals surface area (Å²) in [5.74, 6) is 0.778. The van der Waals surface area contributed by atoms with Gasteiger partial charge in [0.2, 0.25) is 15.9 Å². The minimum atomic E-state index is -3.54. The van der Waals surface area contributed by atoms with E-state index in [1.807, 2.05) is 41.9 Å². The van der Waals surface area contributed by atoms with Crippen molar-refractivity contribution in [1.29, 1.82) is 0 Å². The van der Waals surface area contributed by atoms with Gasteiger partial charge in [-0.2, -0.15) is 4.31 Å². The second-order valence-corrected chi connectivity index (χ2v) is 10.5. The van der Waals surface area contributed by atoms with E-state index in [2.05, 4.69) is 15.5 Å². The van der Waals surface area contributed by atoms with Gasteiger partial charge in [-0.05, 0) is 37.1 Å². The molecular weight excluding hydrogens is 446 g/mol.